The molecule has 6 nitrogen and oxygen atoms in total. The lowest BCUT2D eigenvalue weighted by atomic mass is 10.0. The Hall–Kier alpha value is -3.02. The lowest BCUT2D eigenvalue weighted by molar-refractivity contribution is -0.139. The van der Waals surface area contributed by atoms with Crippen LogP contribution in [-0.2, 0) is 16.0 Å². The van der Waals surface area contributed by atoms with E-state index in [9.17, 15) is 4.79 Å². The quantitative estimate of drug-likeness (QED) is 0.652. The summed E-state index contributed by atoms with van der Waals surface area (Å²) < 4.78 is 10.4. The molecule has 0 aliphatic rings. The van der Waals surface area contributed by atoms with Crippen molar-refractivity contribution in [3.8, 4) is 5.75 Å². The Morgan fingerprint density at radius 1 is 1.23 bits per heavy atom. The number of carbonyl (C=O) groups is 1. The molecule has 26 heavy (non-hydrogen) atoms. The number of anilines is 2. The van der Waals surface area contributed by atoms with Gasteiger partial charge < -0.3 is 19.8 Å². The average Bonchev–Trinajstić information content (AvgIpc) is 2.97. The number of esters is 1. The summed E-state index contributed by atoms with van der Waals surface area (Å²) in [5.41, 5.74) is 4.56. The zero-order chi connectivity index (χ0) is 18.7. The van der Waals surface area contributed by atoms with Crippen LogP contribution in [0.2, 0.25) is 0 Å². The monoisotopic (exact) mass is 353 g/mol. The van der Waals surface area contributed by atoms with Gasteiger partial charge in [0, 0.05) is 5.69 Å². The molecule has 0 amide bonds. The first-order valence-corrected chi connectivity index (χ1v) is 8.54. The van der Waals surface area contributed by atoms with Crippen molar-refractivity contribution >= 4 is 28.6 Å². The van der Waals surface area contributed by atoms with Gasteiger partial charge >= 0.3 is 5.97 Å². The molecule has 0 aliphatic carbocycles. The highest BCUT2D eigenvalue weighted by molar-refractivity contribution is 5.82. The van der Waals surface area contributed by atoms with Gasteiger partial charge in [-0.25, -0.2) is 4.98 Å². The Kier molecular flexibility index (Phi) is 5.11. The molecule has 0 radical (unpaired) electrons. The van der Waals surface area contributed by atoms with Gasteiger partial charge in [-0.2, -0.15) is 0 Å². The number of aromatic amines is 1. The number of aryl methyl sites for hydroxylation is 1. The summed E-state index contributed by atoms with van der Waals surface area (Å²) in [7, 11) is 1.39. The van der Waals surface area contributed by atoms with Crippen molar-refractivity contribution in [2.75, 3.05) is 12.4 Å². The Bertz CT molecular complexity index is 914. The second-order valence-electron chi connectivity index (χ2n) is 6.45. The number of ether oxygens (including phenoxy) is 2. The molecule has 2 N–H and O–H groups in total. The first kappa shape index (κ1) is 17.8. The third-order valence-electron chi connectivity index (χ3n) is 3.99. The molecular weight excluding hydrogens is 330 g/mol. The molecule has 0 spiro atoms. The standard InChI is InChI=1S/C20H23N3O3/c1-12(2)26-16-7-5-15(6-8-16)21-20-22-17-9-13(3)14(10-18(17)23-20)11-19(24)25-4/h5-10,12H,11H2,1-4H3,(H2,21,22,23). The number of fused-ring (bicyclic) bond motifs is 1. The van der Waals surface area contributed by atoms with Gasteiger partial charge in [-0.15, -0.1) is 0 Å². The summed E-state index contributed by atoms with van der Waals surface area (Å²) >= 11 is 0. The molecular formula is C20H23N3O3. The van der Waals surface area contributed by atoms with Gasteiger partial charge in [-0.1, -0.05) is 0 Å². The minimum Gasteiger partial charge on any atom is -0.491 e. The summed E-state index contributed by atoms with van der Waals surface area (Å²) in [6.45, 7) is 5.97. The van der Waals surface area contributed by atoms with Crippen molar-refractivity contribution < 1.29 is 14.3 Å². The van der Waals surface area contributed by atoms with Gasteiger partial charge in [0.25, 0.3) is 0 Å². The van der Waals surface area contributed by atoms with E-state index in [0.29, 0.717) is 5.95 Å². The fourth-order valence-corrected chi connectivity index (χ4v) is 2.71. The zero-order valence-electron chi connectivity index (χ0n) is 15.4. The summed E-state index contributed by atoms with van der Waals surface area (Å²) in [6.07, 6.45) is 0.386. The number of nitrogens with zero attached hydrogens (tertiary/aromatic N) is 1. The van der Waals surface area contributed by atoms with Crippen LogP contribution in [0.3, 0.4) is 0 Å². The van der Waals surface area contributed by atoms with E-state index in [2.05, 4.69) is 15.3 Å². The molecule has 3 rings (SSSR count). The summed E-state index contributed by atoms with van der Waals surface area (Å²) in [6, 6.07) is 11.6. The van der Waals surface area contributed by atoms with E-state index in [4.69, 9.17) is 9.47 Å². The van der Waals surface area contributed by atoms with Crippen LogP contribution in [0.5, 0.6) is 5.75 Å². The van der Waals surface area contributed by atoms with Crippen LogP contribution in [0.1, 0.15) is 25.0 Å². The number of methoxy groups -OCH3 is 1. The largest absolute Gasteiger partial charge is 0.491 e. The van der Waals surface area contributed by atoms with Crippen LogP contribution in [0.25, 0.3) is 11.0 Å². The van der Waals surface area contributed by atoms with E-state index in [0.717, 1.165) is 33.6 Å². The summed E-state index contributed by atoms with van der Waals surface area (Å²) in [5.74, 6) is 1.22. The molecule has 1 heterocycles. The number of benzene rings is 2. The number of hydrogen-bond acceptors (Lipinski definition) is 5. The minimum atomic E-state index is -0.259. The van der Waals surface area contributed by atoms with Crippen molar-refractivity contribution in [1.29, 1.82) is 0 Å². The topological polar surface area (TPSA) is 76.2 Å². The molecule has 0 saturated heterocycles. The number of carbonyl (C=O) groups excluding carboxylic acids is 1. The van der Waals surface area contributed by atoms with E-state index in [1.807, 2.05) is 57.2 Å². The molecule has 6 heteroatoms. The Morgan fingerprint density at radius 2 is 1.96 bits per heavy atom. The lowest BCUT2D eigenvalue weighted by Gasteiger charge is -2.10. The van der Waals surface area contributed by atoms with Crippen LogP contribution >= 0.6 is 0 Å². The number of nitrogens with one attached hydrogen (secondary N) is 2. The Labute approximate surface area is 152 Å². The van der Waals surface area contributed by atoms with E-state index in [1.165, 1.54) is 7.11 Å². The van der Waals surface area contributed by atoms with Gasteiger partial charge in [-0.3, -0.25) is 4.79 Å². The van der Waals surface area contributed by atoms with Gasteiger partial charge in [0.1, 0.15) is 5.75 Å². The average molecular weight is 353 g/mol. The van der Waals surface area contributed by atoms with Crippen molar-refractivity contribution in [2.24, 2.45) is 0 Å². The highest BCUT2D eigenvalue weighted by Crippen LogP contribution is 2.23. The number of hydrogen-bond donors (Lipinski definition) is 2. The molecule has 3 aromatic rings. The van der Waals surface area contributed by atoms with E-state index < -0.39 is 0 Å². The van der Waals surface area contributed by atoms with Crippen LogP contribution in [0.4, 0.5) is 11.6 Å². The first-order chi connectivity index (χ1) is 12.4. The normalized spacial score (nSPS) is 11.0. The fourth-order valence-electron chi connectivity index (χ4n) is 2.71. The second kappa shape index (κ2) is 7.47. The SMILES string of the molecule is COC(=O)Cc1cc2nc(Nc3ccc(OC(C)C)cc3)[nH]c2cc1C. The predicted molar refractivity (Wildman–Crippen MR) is 102 cm³/mol. The lowest BCUT2D eigenvalue weighted by Crippen LogP contribution is -2.05. The van der Waals surface area contributed by atoms with Crippen molar-refractivity contribution in [1.82, 2.24) is 9.97 Å². The predicted octanol–water partition coefficient (Wildman–Crippen LogP) is 4.12. The maximum atomic E-state index is 11.5. The number of H-pyrrole nitrogens is 1. The third-order valence-corrected chi connectivity index (χ3v) is 3.99. The maximum Gasteiger partial charge on any atom is 0.309 e. The van der Waals surface area contributed by atoms with Crippen LogP contribution in [0, 0.1) is 6.92 Å². The van der Waals surface area contributed by atoms with Crippen molar-refractivity contribution in [2.45, 2.75) is 33.3 Å². The van der Waals surface area contributed by atoms with Crippen molar-refractivity contribution in [3.05, 3.63) is 47.5 Å². The molecule has 0 saturated carbocycles. The molecule has 1 aromatic heterocycles. The number of imidazole rings is 1. The molecule has 0 atom stereocenters. The van der Waals surface area contributed by atoms with Gasteiger partial charge in [-0.05, 0) is 68.3 Å². The summed E-state index contributed by atoms with van der Waals surface area (Å²) in [4.78, 5) is 19.4. The molecule has 0 aliphatic heterocycles. The molecule has 0 fully saturated rings. The first-order valence-electron chi connectivity index (χ1n) is 8.54. The van der Waals surface area contributed by atoms with Crippen LogP contribution in [-0.4, -0.2) is 29.2 Å². The molecule has 0 unspecified atom stereocenters. The number of aromatic nitrogens is 2. The highest BCUT2D eigenvalue weighted by atomic mass is 16.5. The Morgan fingerprint density at radius 3 is 2.62 bits per heavy atom. The van der Waals surface area contributed by atoms with Crippen LogP contribution in [0.15, 0.2) is 36.4 Å². The van der Waals surface area contributed by atoms with Crippen LogP contribution < -0.4 is 10.1 Å². The zero-order valence-corrected chi connectivity index (χ0v) is 15.4. The Balaban J connectivity index is 1.79. The number of rotatable bonds is 6. The van der Waals surface area contributed by atoms with Gasteiger partial charge in [0.05, 0.1) is 30.7 Å². The molecule has 0 bridgehead atoms. The van der Waals surface area contributed by atoms with E-state index in [-0.39, 0.29) is 18.5 Å². The third kappa shape index (κ3) is 4.14. The van der Waals surface area contributed by atoms with Gasteiger partial charge in [0.2, 0.25) is 5.95 Å². The molecule has 136 valence electrons. The molecule has 2 aromatic carbocycles. The fraction of sp³-hybridized carbons (Fsp3) is 0.300. The van der Waals surface area contributed by atoms with Gasteiger partial charge in [0.15, 0.2) is 0 Å². The highest BCUT2D eigenvalue weighted by Gasteiger charge is 2.10. The second-order valence-corrected chi connectivity index (χ2v) is 6.45. The maximum absolute atomic E-state index is 11.5. The smallest absolute Gasteiger partial charge is 0.309 e. The van der Waals surface area contributed by atoms with E-state index in [1.54, 1.807) is 0 Å². The summed E-state index contributed by atoms with van der Waals surface area (Å²) in [5, 5.41) is 3.25. The minimum absolute atomic E-state index is 0.145. The van der Waals surface area contributed by atoms with E-state index >= 15 is 0 Å². The van der Waals surface area contributed by atoms with Crippen molar-refractivity contribution in [3.63, 3.8) is 0 Å².